The molecule has 1 amide bonds. The van der Waals surface area contributed by atoms with Crippen molar-refractivity contribution in [1.82, 2.24) is 0 Å². The molecule has 1 aliphatic rings. The molecule has 0 aliphatic carbocycles. The molecular formula is C23H23NO5S2. The molecule has 2 aromatic carbocycles. The van der Waals surface area contributed by atoms with Crippen LogP contribution in [0.2, 0.25) is 0 Å². The van der Waals surface area contributed by atoms with Crippen LogP contribution in [0.3, 0.4) is 0 Å². The highest BCUT2D eigenvalue weighted by Crippen LogP contribution is 2.38. The van der Waals surface area contributed by atoms with Crippen molar-refractivity contribution in [2.24, 2.45) is 0 Å². The minimum absolute atomic E-state index is 0.179. The Bertz CT molecular complexity index is 1080. The molecule has 0 bridgehead atoms. The third-order valence-corrected chi connectivity index (χ3v) is 6.13. The van der Waals surface area contributed by atoms with Crippen molar-refractivity contribution in [3.63, 3.8) is 0 Å². The quantitative estimate of drug-likeness (QED) is 0.465. The fraction of sp³-hybridized carbons (Fsp3) is 0.261. The average molecular weight is 458 g/mol. The maximum atomic E-state index is 13.1. The number of hydrogen-bond acceptors (Lipinski definition) is 6. The maximum Gasteiger partial charge on any atom is 0.344 e. The van der Waals surface area contributed by atoms with Crippen molar-refractivity contribution in [3.8, 4) is 11.5 Å². The number of carbonyl (C=O) groups is 2. The molecule has 8 heteroatoms. The van der Waals surface area contributed by atoms with Crippen molar-refractivity contribution in [2.75, 3.05) is 11.5 Å². The lowest BCUT2D eigenvalue weighted by molar-refractivity contribution is -0.144. The van der Waals surface area contributed by atoms with Gasteiger partial charge in [-0.3, -0.25) is 9.69 Å². The van der Waals surface area contributed by atoms with Crippen LogP contribution in [0.4, 0.5) is 5.69 Å². The smallest absolute Gasteiger partial charge is 0.344 e. The summed E-state index contributed by atoms with van der Waals surface area (Å²) >= 11 is 6.73. The number of rotatable bonds is 7. The topological polar surface area (TPSA) is 76.1 Å². The first-order valence-corrected chi connectivity index (χ1v) is 11.0. The van der Waals surface area contributed by atoms with Crippen molar-refractivity contribution in [3.05, 3.63) is 58.0 Å². The summed E-state index contributed by atoms with van der Waals surface area (Å²) < 4.78 is 11.6. The van der Waals surface area contributed by atoms with Crippen LogP contribution in [0.5, 0.6) is 11.5 Å². The van der Waals surface area contributed by atoms with Gasteiger partial charge in [-0.05, 0) is 68.7 Å². The zero-order valence-electron chi connectivity index (χ0n) is 17.7. The molecule has 0 aromatic heterocycles. The van der Waals surface area contributed by atoms with Crippen LogP contribution in [-0.2, 0) is 9.59 Å². The number of carbonyl (C=O) groups excluding carboxylic acids is 1. The van der Waals surface area contributed by atoms with E-state index < -0.39 is 12.1 Å². The second kappa shape index (κ2) is 9.53. The van der Waals surface area contributed by atoms with E-state index in [2.05, 4.69) is 0 Å². The van der Waals surface area contributed by atoms with Gasteiger partial charge in [-0.15, -0.1) is 0 Å². The molecule has 1 heterocycles. The summed E-state index contributed by atoms with van der Waals surface area (Å²) in [4.78, 5) is 26.3. The Balaban J connectivity index is 1.91. The molecule has 1 aliphatic heterocycles. The molecule has 6 nitrogen and oxygen atoms in total. The predicted molar refractivity (Wildman–Crippen MR) is 127 cm³/mol. The summed E-state index contributed by atoms with van der Waals surface area (Å²) in [6, 6.07) is 10.9. The van der Waals surface area contributed by atoms with E-state index in [1.165, 1.54) is 18.7 Å². The first-order valence-electron chi connectivity index (χ1n) is 9.73. The molecule has 1 fully saturated rings. The van der Waals surface area contributed by atoms with Gasteiger partial charge in [0.1, 0.15) is 0 Å². The summed E-state index contributed by atoms with van der Waals surface area (Å²) in [5.41, 5.74) is 3.60. The van der Waals surface area contributed by atoms with Crippen LogP contribution in [0.15, 0.2) is 41.3 Å². The Morgan fingerprint density at radius 1 is 1.26 bits per heavy atom. The van der Waals surface area contributed by atoms with Crippen LogP contribution < -0.4 is 14.4 Å². The maximum absolute atomic E-state index is 13.1. The largest absolute Gasteiger partial charge is 0.490 e. The number of aliphatic carboxylic acids is 1. The number of ether oxygens (including phenoxy) is 2. The lowest BCUT2D eigenvalue weighted by Gasteiger charge is -2.18. The van der Waals surface area contributed by atoms with Gasteiger partial charge >= 0.3 is 5.97 Å². The number of aryl methyl sites for hydroxylation is 1. The lowest BCUT2D eigenvalue weighted by Crippen LogP contribution is -2.28. The normalized spacial score (nSPS) is 16.0. The number of amides is 1. The van der Waals surface area contributed by atoms with Gasteiger partial charge in [-0.1, -0.05) is 42.2 Å². The summed E-state index contributed by atoms with van der Waals surface area (Å²) in [6.07, 6.45) is 0.732. The van der Waals surface area contributed by atoms with Gasteiger partial charge in [0.2, 0.25) is 0 Å². The summed E-state index contributed by atoms with van der Waals surface area (Å²) in [7, 11) is 0. The second-order valence-electron chi connectivity index (χ2n) is 6.97. The predicted octanol–water partition coefficient (Wildman–Crippen LogP) is 4.96. The Morgan fingerprint density at radius 3 is 2.68 bits per heavy atom. The van der Waals surface area contributed by atoms with Crippen LogP contribution in [-0.4, -0.2) is 34.0 Å². The highest BCUT2D eigenvalue weighted by Gasteiger charge is 2.34. The summed E-state index contributed by atoms with van der Waals surface area (Å²) in [5, 5.41) is 9.09. The number of benzene rings is 2. The number of thiocarbonyl (C=S) groups is 1. The SMILES string of the molecule is CCOc1cc(/C=C2/SC(=S)N(c3cccc(C)c3C)C2=O)ccc1OC(C)C(=O)O. The molecule has 1 atom stereocenters. The van der Waals surface area contributed by atoms with Gasteiger partial charge in [0.05, 0.1) is 17.2 Å². The van der Waals surface area contributed by atoms with E-state index in [-0.39, 0.29) is 5.91 Å². The third-order valence-electron chi connectivity index (χ3n) is 4.83. The molecule has 0 saturated carbocycles. The van der Waals surface area contributed by atoms with Crippen molar-refractivity contribution in [1.29, 1.82) is 0 Å². The number of carboxylic acid groups (broad SMARTS) is 1. The minimum atomic E-state index is -1.07. The van der Waals surface area contributed by atoms with Gasteiger partial charge in [-0.25, -0.2) is 4.79 Å². The van der Waals surface area contributed by atoms with Crippen molar-refractivity contribution >= 4 is 51.9 Å². The number of hydrogen-bond donors (Lipinski definition) is 1. The molecule has 1 N–H and O–H groups in total. The molecule has 0 radical (unpaired) electrons. The Labute approximate surface area is 190 Å². The van der Waals surface area contributed by atoms with E-state index in [0.29, 0.717) is 27.3 Å². The van der Waals surface area contributed by atoms with E-state index in [1.807, 2.05) is 39.0 Å². The van der Waals surface area contributed by atoms with Crippen LogP contribution in [0, 0.1) is 13.8 Å². The van der Waals surface area contributed by atoms with E-state index in [9.17, 15) is 9.59 Å². The number of anilines is 1. The highest BCUT2D eigenvalue weighted by molar-refractivity contribution is 8.27. The molecule has 2 aromatic rings. The first-order chi connectivity index (χ1) is 14.7. The molecule has 0 spiro atoms. The van der Waals surface area contributed by atoms with Gasteiger partial charge in [0.15, 0.2) is 21.9 Å². The fourth-order valence-electron chi connectivity index (χ4n) is 3.03. The Hall–Kier alpha value is -2.84. The molecule has 1 saturated heterocycles. The van der Waals surface area contributed by atoms with Gasteiger partial charge in [0.25, 0.3) is 5.91 Å². The average Bonchev–Trinajstić information content (AvgIpc) is 2.99. The summed E-state index contributed by atoms with van der Waals surface area (Å²) in [6.45, 7) is 7.63. The van der Waals surface area contributed by atoms with Gasteiger partial charge in [-0.2, -0.15) is 0 Å². The van der Waals surface area contributed by atoms with E-state index in [0.717, 1.165) is 22.4 Å². The van der Waals surface area contributed by atoms with Crippen LogP contribution >= 0.6 is 24.0 Å². The van der Waals surface area contributed by atoms with Gasteiger partial charge < -0.3 is 14.6 Å². The van der Waals surface area contributed by atoms with Crippen molar-refractivity contribution < 1.29 is 24.2 Å². The van der Waals surface area contributed by atoms with E-state index in [4.69, 9.17) is 26.8 Å². The molecular weight excluding hydrogens is 434 g/mol. The van der Waals surface area contributed by atoms with Gasteiger partial charge in [0, 0.05) is 0 Å². The Morgan fingerprint density at radius 2 is 2.00 bits per heavy atom. The van der Waals surface area contributed by atoms with Crippen molar-refractivity contribution in [2.45, 2.75) is 33.8 Å². The van der Waals surface area contributed by atoms with Crippen LogP contribution in [0.25, 0.3) is 6.08 Å². The molecule has 31 heavy (non-hydrogen) atoms. The fourth-order valence-corrected chi connectivity index (χ4v) is 4.31. The first kappa shape index (κ1) is 22.8. The number of carboxylic acids is 1. The zero-order chi connectivity index (χ0) is 22.7. The number of thioether (sulfide) groups is 1. The second-order valence-corrected chi connectivity index (χ2v) is 8.65. The molecule has 162 valence electrons. The lowest BCUT2D eigenvalue weighted by atomic mass is 10.1. The monoisotopic (exact) mass is 457 g/mol. The molecule has 3 rings (SSSR count). The third kappa shape index (κ3) is 4.91. The standard InChI is InChI=1S/C23H23NO5S2/c1-5-28-19-11-16(9-10-18(19)29-15(4)22(26)27)12-20-21(25)24(23(30)31-20)17-8-6-7-13(2)14(17)3/h6-12,15H,5H2,1-4H3,(H,26,27)/b20-12+. The van der Waals surface area contributed by atoms with E-state index in [1.54, 1.807) is 29.2 Å². The van der Waals surface area contributed by atoms with E-state index >= 15 is 0 Å². The number of nitrogens with zero attached hydrogens (tertiary/aromatic N) is 1. The zero-order valence-corrected chi connectivity index (χ0v) is 19.3. The minimum Gasteiger partial charge on any atom is -0.490 e. The van der Waals surface area contributed by atoms with Crippen LogP contribution in [0.1, 0.15) is 30.5 Å². The highest BCUT2D eigenvalue weighted by atomic mass is 32.2. The summed E-state index contributed by atoms with van der Waals surface area (Å²) in [5.74, 6) is -0.505. The molecule has 1 unspecified atom stereocenters. The Kier molecular flexibility index (Phi) is 7.02.